The molecule has 0 saturated heterocycles. The zero-order chi connectivity index (χ0) is 14.1. The predicted molar refractivity (Wildman–Crippen MR) is 86.7 cm³/mol. The summed E-state index contributed by atoms with van der Waals surface area (Å²) in [6.07, 6.45) is 2.12. The number of nitrogens with zero attached hydrogens (tertiary/aromatic N) is 1. The Balaban J connectivity index is 2.71. The molecule has 1 N–H and O–H groups in total. The van der Waals surface area contributed by atoms with Crippen molar-refractivity contribution in [2.45, 2.75) is 6.54 Å². The van der Waals surface area contributed by atoms with Crippen LogP contribution in [0.3, 0.4) is 0 Å². The minimum absolute atomic E-state index is 0.710. The van der Waals surface area contributed by atoms with E-state index in [1.54, 1.807) is 7.11 Å². The molecular weight excluding hydrogens is 280 g/mol. The Hall–Kier alpha value is -0.420. The first-order valence-corrected chi connectivity index (χ1v) is 8.15. The highest BCUT2D eigenvalue weighted by Gasteiger charge is 2.10. The molecule has 19 heavy (non-hydrogen) atoms. The average molecular weight is 303 g/mol. The third kappa shape index (κ3) is 5.61. The molecule has 0 aliphatic carbocycles. The van der Waals surface area contributed by atoms with E-state index in [4.69, 9.17) is 16.3 Å². The minimum atomic E-state index is 0.710. The summed E-state index contributed by atoms with van der Waals surface area (Å²) in [5.41, 5.74) is 2.36. The van der Waals surface area contributed by atoms with Gasteiger partial charge in [0.1, 0.15) is 0 Å². The second-order valence-electron chi connectivity index (χ2n) is 4.32. The molecule has 0 heterocycles. The molecule has 0 bridgehead atoms. The topological polar surface area (TPSA) is 24.5 Å². The number of anilines is 1. The van der Waals surface area contributed by atoms with Gasteiger partial charge in [0.25, 0.3) is 0 Å². The quantitative estimate of drug-likeness (QED) is 0.709. The number of ether oxygens (including phenoxy) is 1. The summed E-state index contributed by atoms with van der Waals surface area (Å²) >= 11 is 8.17. The first kappa shape index (κ1) is 16.6. The summed E-state index contributed by atoms with van der Waals surface area (Å²) in [5.74, 6) is 1.11. The molecular formula is C14H23ClN2OS. The monoisotopic (exact) mass is 302 g/mol. The molecule has 0 fully saturated rings. The molecule has 5 heteroatoms. The van der Waals surface area contributed by atoms with Gasteiger partial charge in [0, 0.05) is 55.8 Å². The molecule has 0 aliphatic heterocycles. The van der Waals surface area contributed by atoms with Gasteiger partial charge >= 0.3 is 0 Å². The van der Waals surface area contributed by atoms with E-state index in [2.05, 4.69) is 29.6 Å². The fourth-order valence-corrected chi connectivity index (χ4v) is 2.51. The Labute approximate surface area is 125 Å². The van der Waals surface area contributed by atoms with Crippen molar-refractivity contribution in [3.05, 3.63) is 28.8 Å². The van der Waals surface area contributed by atoms with E-state index in [0.29, 0.717) is 6.61 Å². The van der Waals surface area contributed by atoms with Gasteiger partial charge in [-0.25, -0.2) is 0 Å². The van der Waals surface area contributed by atoms with Gasteiger partial charge in [0.15, 0.2) is 0 Å². The van der Waals surface area contributed by atoms with Crippen molar-refractivity contribution in [3.63, 3.8) is 0 Å². The van der Waals surface area contributed by atoms with Gasteiger partial charge in [0.05, 0.1) is 6.61 Å². The lowest BCUT2D eigenvalue weighted by Gasteiger charge is -2.23. The number of hydrogen-bond donors (Lipinski definition) is 1. The van der Waals surface area contributed by atoms with Gasteiger partial charge in [-0.15, -0.1) is 0 Å². The van der Waals surface area contributed by atoms with E-state index >= 15 is 0 Å². The minimum Gasteiger partial charge on any atom is -0.383 e. The number of rotatable bonds is 9. The molecule has 0 unspecified atom stereocenters. The molecule has 0 aromatic heterocycles. The second-order valence-corrected chi connectivity index (χ2v) is 5.71. The van der Waals surface area contributed by atoms with Gasteiger partial charge < -0.3 is 15.0 Å². The zero-order valence-electron chi connectivity index (χ0n) is 11.9. The van der Waals surface area contributed by atoms with Gasteiger partial charge in [-0.2, -0.15) is 11.8 Å². The highest BCUT2D eigenvalue weighted by Crippen LogP contribution is 2.26. The fraction of sp³-hybridized carbons (Fsp3) is 0.571. The second kappa shape index (κ2) is 9.48. The van der Waals surface area contributed by atoms with Crippen LogP contribution in [0.4, 0.5) is 5.69 Å². The third-order valence-electron chi connectivity index (χ3n) is 2.92. The van der Waals surface area contributed by atoms with Crippen molar-refractivity contribution >= 4 is 29.1 Å². The lowest BCUT2D eigenvalue weighted by molar-refractivity contribution is 0.199. The van der Waals surface area contributed by atoms with Gasteiger partial charge in [-0.3, -0.25) is 0 Å². The summed E-state index contributed by atoms with van der Waals surface area (Å²) in [4.78, 5) is 2.26. The van der Waals surface area contributed by atoms with E-state index in [0.717, 1.165) is 36.0 Å². The van der Waals surface area contributed by atoms with E-state index < -0.39 is 0 Å². The van der Waals surface area contributed by atoms with Crippen LogP contribution in [-0.4, -0.2) is 45.9 Å². The van der Waals surface area contributed by atoms with Crippen LogP contribution in [0, 0.1) is 0 Å². The SMILES string of the molecule is COCCNCc1c(Cl)cccc1N(C)CCSC. The van der Waals surface area contributed by atoms with Crippen LogP contribution in [0.25, 0.3) is 0 Å². The van der Waals surface area contributed by atoms with Crippen molar-refractivity contribution in [2.24, 2.45) is 0 Å². The normalized spacial score (nSPS) is 10.7. The van der Waals surface area contributed by atoms with Crippen LogP contribution < -0.4 is 10.2 Å². The first-order chi connectivity index (χ1) is 9.20. The first-order valence-electron chi connectivity index (χ1n) is 6.37. The van der Waals surface area contributed by atoms with Crippen LogP contribution in [0.15, 0.2) is 18.2 Å². The Kier molecular flexibility index (Phi) is 8.30. The standard InChI is InChI=1S/C14H23ClN2OS/c1-17(8-10-19-3)14-6-4-5-13(15)12(14)11-16-7-9-18-2/h4-6,16H,7-11H2,1-3H3. The molecule has 0 aliphatic rings. The number of hydrogen-bond acceptors (Lipinski definition) is 4. The summed E-state index contributed by atoms with van der Waals surface area (Å²) in [6, 6.07) is 6.08. The summed E-state index contributed by atoms with van der Waals surface area (Å²) < 4.78 is 5.03. The molecule has 1 aromatic rings. The fourth-order valence-electron chi connectivity index (χ4n) is 1.82. The van der Waals surface area contributed by atoms with E-state index in [1.807, 2.05) is 23.9 Å². The zero-order valence-corrected chi connectivity index (χ0v) is 13.5. The van der Waals surface area contributed by atoms with Gasteiger partial charge in [-0.05, 0) is 18.4 Å². The smallest absolute Gasteiger partial charge is 0.0587 e. The Bertz CT molecular complexity index is 376. The van der Waals surface area contributed by atoms with Gasteiger partial charge in [0.2, 0.25) is 0 Å². The maximum Gasteiger partial charge on any atom is 0.0587 e. The Morgan fingerprint density at radius 2 is 2.21 bits per heavy atom. The maximum atomic E-state index is 6.32. The van der Waals surface area contributed by atoms with Crippen molar-refractivity contribution in [1.29, 1.82) is 0 Å². The van der Waals surface area contributed by atoms with Crippen LogP contribution in [0.2, 0.25) is 5.02 Å². The van der Waals surface area contributed by atoms with Crippen molar-refractivity contribution in [1.82, 2.24) is 5.32 Å². The Morgan fingerprint density at radius 1 is 1.42 bits per heavy atom. The summed E-state index contributed by atoms with van der Waals surface area (Å²) in [6.45, 7) is 3.33. The molecule has 0 atom stereocenters. The maximum absolute atomic E-state index is 6.32. The predicted octanol–water partition coefficient (Wildman–Crippen LogP) is 2.88. The summed E-state index contributed by atoms with van der Waals surface area (Å²) in [5, 5.41) is 4.17. The lowest BCUT2D eigenvalue weighted by Crippen LogP contribution is -2.24. The van der Waals surface area contributed by atoms with Crippen molar-refractivity contribution in [2.75, 3.05) is 50.8 Å². The molecule has 1 rings (SSSR count). The lowest BCUT2D eigenvalue weighted by atomic mass is 10.1. The molecule has 0 radical (unpaired) electrons. The van der Waals surface area contributed by atoms with Crippen molar-refractivity contribution < 1.29 is 4.74 Å². The van der Waals surface area contributed by atoms with Crippen LogP contribution in [0.1, 0.15) is 5.56 Å². The van der Waals surface area contributed by atoms with E-state index in [9.17, 15) is 0 Å². The molecule has 3 nitrogen and oxygen atoms in total. The van der Waals surface area contributed by atoms with Crippen LogP contribution in [-0.2, 0) is 11.3 Å². The Morgan fingerprint density at radius 3 is 2.89 bits per heavy atom. The molecule has 108 valence electrons. The summed E-state index contributed by atoms with van der Waals surface area (Å²) in [7, 11) is 3.82. The number of halogens is 1. The molecule has 0 spiro atoms. The number of thioether (sulfide) groups is 1. The number of nitrogens with one attached hydrogen (secondary N) is 1. The van der Waals surface area contributed by atoms with E-state index in [1.165, 1.54) is 5.69 Å². The highest BCUT2D eigenvalue weighted by molar-refractivity contribution is 7.98. The number of benzene rings is 1. The molecule has 0 saturated carbocycles. The molecule has 0 amide bonds. The van der Waals surface area contributed by atoms with Crippen LogP contribution >= 0.6 is 23.4 Å². The van der Waals surface area contributed by atoms with E-state index in [-0.39, 0.29) is 0 Å². The largest absolute Gasteiger partial charge is 0.383 e. The van der Waals surface area contributed by atoms with Crippen LogP contribution in [0.5, 0.6) is 0 Å². The number of methoxy groups -OCH3 is 1. The third-order valence-corrected chi connectivity index (χ3v) is 3.87. The molecule has 1 aromatic carbocycles. The average Bonchev–Trinajstić information content (AvgIpc) is 2.42. The highest BCUT2D eigenvalue weighted by atomic mass is 35.5. The van der Waals surface area contributed by atoms with Gasteiger partial charge in [-0.1, -0.05) is 17.7 Å². The van der Waals surface area contributed by atoms with Crippen molar-refractivity contribution in [3.8, 4) is 0 Å².